The number of carbonyl (C=O) groups excluding carboxylic acids is 1. The summed E-state index contributed by atoms with van der Waals surface area (Å²) in [6.45, 7) is 2.27. The standard InChI is InChI=1S/C15H22N2O4S/c1-10(11-3-6-13(7-4-11)22(2,19)20)17-15(18)14-8-5-12(9-16)21-14/h3-4,6-7,10,12,14H,5,8-9,16H2,1-2H3,(H,17,18)/t10?,12-,14+/m1/s1. The molecule has 1 aliphatic heterocycles. The Morgan fingerprint density at radius 1 is 1.36 bits per heavy atom. The van der Waals surface area contributed by atoms with E-state index in [1.807, 2.05) is 6.92 Å². The molecule has 1 heterocycles. The molecule has 1 fully saturated rings. The van der Waals surface area contributed by atoms with Gasteiger partial charge in [-0.1, -0.05) is 12.1 Å². The molecule has 6 nitrogen and oxygen atoms in total. The summed E-state index contributed by atoms with van der Waals surface area (Å²) in [6, 6.07) is 6.29. The van der Waals surface area contributed by atoms with Crippen molar-refractivity contribution in [3.8, 4) is 0 Å². The van der Waals surface area contributed by atoms with Crippen molar-refractivity contribution < 1.29 is 17.9 Å². The Hall–Kier alpha value is -1.44. The van der Waals surface area contributed by atoms with Crippen LogP contribution in [0, 0.1) is 0 Å². The lowest BCUT2D eigenvalue weighted by molar-refractivity contribution is -0.132. The Balaban J connectivity index is 1.97. The summed E-state index contributed by atoms with van der Waals surface area (Å²) in [7, 11) is -3.21. The van der Waals surface area contributed by atoms with Gasteiger partial charge in [0.25, 0.3) is 0 Å². The van der Waals surface area contributed by atoms with Gasteiger partial charge >= 0.3 is 0 Å². The molecule has 0 saturated carbocycles. The summed E-state index contributed by atoms with van der Waals surface area (Å²) in [4.78, 5) is 12.4. The van der Waals surface area contributed by atoms with Crippen molar-refractivity contribution in [2.45, 2.75) is 42.9 Å². The van der Waals surface area contributed by atoms with Gasteiger partial charge in [-0.2, -0.15) is 0 Å². The van der Waals surface area contributed by atoms with Gasteiger partial charge in [0.15, 0.2) is 9.84 Å². The van der Waals surface area contributed by atoms with E-state index in [-0.39, 0.29) is 22.9 Å². The summed E-state index contributed by atoms with van der Waals surface area (Å²) in [5, 5.41) is 2.89. The normalized spacial score (nSPS) is 23.2. The molecule has 122 valence electrons. The molecule has 1 aromatic carbocycles. The summed E-state index contributed by atoms with van der Waals surface area (Å²) in [5.74, 6) is -0.157. The van der Waals surface area contributed by atoms with Gasteiger partial charge in [-0.15, -0.1) is 0 Å². The Labute approximate surface area is 131 Å². The van der Waals surface area contributed by atoms with Crippen LogP contribution < -0.4 is 11.1 Å². The smallest absolute Gasteiger partial charge is 0.249 e. The second-order valence-electron chi connectivity index (χ2n) is 5.63. The molecule has 0 aliphatic carbocycles. The molecule has 1 unspecified atom stereocenters. The van der Waals surface area contributed by atoms with Gasteiger partial charge in [-0.3, -0.25) is 4.79 Å². The molecular weight excluding hydrogens is 304 g/mol. The number of sulfone groups is 1. The van der Waals surface area contributed by atoms with Gasteiger partial charge in [0.1, 0.15) is 6.10 Å². The maximum absolute atomic E-state index is 12.1. The van der Waals surface area contributed by atoms with Crippen LogP contribution in [0.5, 0.6) is 0 Å². The Morgan fingerprint density at radius 3 is 2.50 bits per heavy atom. The van der Waals surface area contributed by atoms with Crippen LogP contribution >= 0.6 is 0 Å². The predicted octanol–water partition coefficient (Wildman–Crippen LogP) is 0.774. The third-order valence-electron chi connectivity index (χ3n) is 3.83. The summed E-state index contributed by atoms with van der Waals surface area (Å²) >= 11 is 0. The van der Waals surface area contributed by atoms with Crippen LogP contribution in [0.4, 0.5) is 0 Å². The first kappa shape index (κ1) is 16.9. The fraction of sp³-hybridized carbons (Fsp3) is 0.533. The van der Waals surface area contributed by atoms with E-state index in [1.165, 1.54) is 6.26 Å². The molecule has 22 heavy (non-hydrogen) atoms. The first-order valence-electron chi connectivity index (χ1n) is 7.27. The van der Waals surface area contributed by atoms with E-state index < -0.39 is 15.9 Å². The Bertz CT molecular complexity index is 627. The second kappa shape index (κ2) is 6.76. The number of rotatable bonds is 5. The van der Waals surface area contributed by atoms with E-state index in [2.05, 4.69) is 5.32 Å². The number of carbonyl (C=O) groups is 1. The fourth-order valence-corrected chi connectivity index (χ4v) is 3.10. The molecule has 1 amide bonds. The fourth-order valence-electron chi connectivity index (χ4n) is 2.47. The molecular formula is C15H22N2O4S. The van der Waals surface area contributed by atoms with Crippen molar-refractivity contribution in [1.82, 2.24) is 5.32 Å². The molecule has 3 atom stereocenters. The molecule has 0 spiro atoms. The van der Waals surface area contributed by atoms with Gasteiger partial charge in [-0.25, -0.2) is 8.42 Å². The highest BCUT2D eigenvalue weighted by Crippen LogP contribution is 2.21. The number of hydrogen-bond acceptors (Lipinski definition) is 5. The van der Waals surface area contributed by atoms with Crippen molar-refractivity contribution in [3.63, 3.8) is 0 Å². The molecule has 0 bridgehead atoms. The van der Waals surface area contributed by atoms with Crippen LogP contribution in [-0.2, 0) is 19.4 Å². The maximum Gasteiger partial charge on any atom is 0.249 e. The van der Waals surface area contributed by atoms with Gasteiger partial charge in [0.05, 0.1) is 17.0 Å². The number of nitrogens with two attached hydrogens (primary N) is 1. The van der Waals surface area contributed by atoms with Crippen LogP contribution in [0.3, 0.4) is 0 Å². The molecule has 0 radical (unpaired) electrons. The molecule has 1 saturated heterocycles. The third kappa shape index (κ3) is 4.06. The minimum absolute atomic E-state index is 0.0416. The van der Waals surface area contributed by atoms with Gasteiger partial charge < -0.3 is 15.8 Å². The number of nitrogens with one attached hydrogen (secondary N) is 1. The second-order valence-corrected chi connectivity index (χ2v) is 7.65. The Morgan fingerprint density at radius 2 is 2.00 bits per heavy atom. The minimum Gasteiger partial charge on any atom is -0.364 e. The van der Waals surface area contributed by atoms with Gasteiger partial charge in [-0.05, 0) is 37.5 Å². The number of amides is 1. The average molecular weight is 326 g/mol. The Kier molecular flexibility index (Phi) is 5.20. The summed E-state index contributed by atoms with van der Waals surface area (Å²) in [6.07, 6.45) is 2.14. The zero-order valence-corrected chi connectivity index (χ0v) is 13.6. The van der Waals surface area contributed by atoms with E-state index >= 15 is 0 Å². The maximum atomic E-state index is 12.1. The van der Waals surface area contributed by atoms with Crippen molar-refractivity contribution in [2.24, 2.45) is 5.73 Å². The van der Waals surface area contributed by atoms with Gasteiger partial charge in [0, 0.05) is 12.8 Å². The molecule has 1 aliphatic rings. The summed E-state index contributed by atoms with van der Waals surface area (Å²) < 4.78 is 28.4. The zero-order valence-electron chi connectivity index (χ0n) is 12.8. The highest BCUT2D eigenvalue weighted by molar-refractivity contribution is 7.90. The first-order chi connectivity index (χ1) is 10.3. The van der Waals surface area contributed by atoms with E-state index in [9.17, 15) is 13.2 Å². The van der Waals surface area contributed by atoms with E-state index in [4.69, 9.17) is 10.5 Å². The number of hydrogen-bond donors (Lipinski definition) is 2. The number of benzene rings is 1. The lowest BCUT2D eigenvalue weighted by atomic mass is 10.1. The highest BCUT2D eigenvalue weighted by atomic mass is 32.2. The van der Waals surface area contributed by atoms with Crippen molar-refractivity contribution in [2.75, 3.05) is 12.8 Å². The summed E-state index contributed by atoms with van der Waals surface area (Å²) in [5.41, 5.74) is 6.37. The lowest BCUT2D eigenvalue weighted by Crippen LogP contribution is -2.37. The van der Waals surface area contributed by atoms with Crippen LogP contribution in [0.15, 0.2) is 29.2 Å². The van der Waals surface area contributed by atoms with E-state index in [0.717, 1.165) is 12.0 Å². The lowest BCUT2D eigenvalue weighted by Gasteiger charge is -2.18. The minimum atomic E-state index is -3.21. The van der Waals surface area contributed by atoms with E-state index in [1.54, 1.807) is 24.3 Å². The molecule has 3 N–H and O–H groups in total. The largest absolute Gasteiger partial charge is 0.364 e. The quantitative estimate of drug-likeness (QED) is 0.833. The van der Waals surface area contributed by atoms with Crippen LogP contribution in [0.25, 0.3) is 0 Å². The number of ether oxygens (including phenoxy) is 1. The average Bonchev–Trinajstić information content (AvgIpc) is 2.95. The third-order valence-corrected chi connectivity index (χ3v) is 4.96. The van der Waals surface area contributed by atoms with E-state index in [0.29, 0.717) is 13.0 Å². The topological polar surface area (TPSA) is 98.5 Å². The zero-order chi connectivity index (χ0) is 16.3. The molecule has 2 rings (SSSR count). The van der Waals surface area contributed by atoms with Crippen LogP contribution in [-0.4, -0.2) is 39.3 Å². The van der Waals surface area contributed by atoms with Crippen molar-refractivity contribution in [1.29, 1.82) is 0 Å². The van der Waals surface area contributed by atoms with Crippen molar-refractivity contribution in [3.05, 3.63) is 29.8 Å². The SMILES string of the molecule is CC(NC(=O)[C@@H]1CC[C@H](CN)O1)c1ccc(S(C)(=O)=O)cc1. The monoisotopic (exact) mass is 326 g/mol. The molecule has 0 aromatic heterocycles. The van der Waals surface area contributed by atoms with Crippen LogP contribution in [0.2, 0.25) is 0 Å². The van der Waals surface area contributed by atoms with Crippen LogP contribution in [0.1, 0.15) is 31.4 Å². The predicted molar refractivity (Wildman–Crippen MR) is 83.1 cm³/mol. The molecule has 1 aromatic rings. The highest BCUT2D eigenvalue weighted by Gasteiger charge is 2.30. The molecule has 7 heteroatoms. The van der Waals surface area contributed by atoms with Gasteiger partial charge in [0.2, 0.25) is 5.91 Å². The first-order valence-corrected chi connectivity index (χ1v) is 9.16. The van der Waals surface area contributed by atoms with Crippen molar-refractivity contribution >= 4 is 15.7 Å².